The number of carbonyl (C=O) groups is 4. The highest BCUT2D eigenvalue weighted by Crippen LogP contribution is 2.61. The predicted molar refractivity (Wildman–Crippen MR) is 390 cm³/mol. The Morgan fingerprint density at radius 3 is 1.15 bits per heavy atom. The third-order valence-corrected chi connectivity index (χ3v) is 17.1. The van der Waals surface area contributed by atoms with Gasteiger partial charge in [0.25, 0.3) is 16.4 Å². The quantitative estimate of drug-likeness (QED) is 0.0101. The number of nitrogens with zero attached hydrogens (tertiary/aromatic N) is 2. The number of halogens is 21. The second kappa shape index (κ2) is 34.3. The molecule has 0 radical (unpaired) electrons. The predicted octanol–water partition coefficient (Wildman–Crippen LogP) is 21.5. The molecule has 0 aliphatic heterocycles. The highest BCUT2D eigenvalue weighted by atomic mass is 127. The van der Waals surface area contributed by atoms with E-state index in [1.807, 2.05) is 17.9 Å². The molecule has 0 bridgehead atoms. The van der Waals surface area contributed by atoms with Crippen molar-refractivity contribution < 1.29 is 127 Å². The van der Waals surface area contributed by atoms with Crippen molar-refractivity contribution in [3.8, 4) is 34.5 Å². The van der Waals surface area contributed by atoms with Gasteiger partial charge in [-0.2, -0.15) is 79.0 Å². The van der Waals surface area contributed by atoms with Crippen molar-refractivity contribution >= 4 is 113 Å². The average Bonchev–Trinajstić information content (AvgIpc) is 0.769. The molecule has 0 fully saturated rings. The number of fused-ring (bicyclic) bond motifs is 2. The van der Waals surface area contributed by atoms with Gasteiger partial charge in [-0.3, -0.25) is 19.2 Å². The number of phenolic OH excluding ortho intramolecular Hbond substituents is 4. The minimum Gasteiger partial charge on any atom is -0.506 e. The lowest BCUT2D eigenvalue weighted by Gasteiger charge is -2.38. The number of rotatable bonds is 13. The summed E-state index contributed by atoms with van der Waals surface area (Å²) >= 11 is 12.5. The van der Waals surface area contributed by atoms with E-state index in [0.29, 0.717) is 78.4 Å². The van der Waals surface area contributed by atoms with Crippen molar-refractivity contribution in [1.29, 1.82) is 0 Å². The van der Waals surface area contributed by atoms with Crippen LogP contribution in [0.3, 0.4) is 0 Å². The molecule has 0 unspecified atom stereocenters. The Bertz CT molecular complexity index is 5150. The van der Waals surface area contributed by atoms with Crippen LogP contribution in [-0.2, 0) is 16.2 Å². The van der Waals surface area contributed by atoms with Gasteiger partial charge in [-0.05, 0) is 178 Å². The number of aryl methyl sites for hydroxylation is 2. The van der Waals surface area contributed by atoms with Crippen molar-refractivity contribution in [2.24, 2.45) is 0 Å². The molecule has 10 N–H and O–H groups in total. The maximum Gasteiger partial charge on any atom is 0.411 e. The van der Waals surface area contributed by atoms with Gasteiger partial charge in [0.1, 0.15) is 34.0 Å². The van der Waals surface area contributed by atoms with E-state index in [2.05, 4.69) is 43.2 Å². The van der Waals surface area contributed by atoms with Crippen LogP contribution in [0.15, 0.2) is 191 Å². The number of amides is 1. The molecule has 11 rings (SSSR count). The van der Waals surface area contributed by atoms with E-state index in [1.165, 1.54) is 63.4 Å². The molecule has 112 heavy (non-hydrogen) atoms. The fourth-order valence-electron chi connectivity index (χ4n) is 11.5. The third kappa shape index (κ3) is 18.2. The minimum absolute atomic E-state index is 0. The summed E-state index contributed by atoms with van der Waals surface area (Å²) in [6.07, 6.45) is -35.0. The third-order valence-electron chi connectivity index (χ3n) is 16.7. The number of anilines is 4. The molecule has 0 saturated carbocycles. The van der Waals surface area contributed by atoms with Gasteiger partial charge in [-0.15, -0.1) is 0 Å². The van der Waals surface area contributed by atoms with Crippen LogP contribution in [0.25, 0.3) is 33.7 Å². The SMILES string of the molecule is C.CI.CNc1cc(C(c2ccc(O)c(NC(=O)c3cccc(C(C)=O)c3)c2)(C(F)(F)F)C(F)(F)F)ccc1O.Cc1cccc(-c2nc3cc(C(c4ccc5oc(C)nc5c4)(C(F)(F)F)C(F)(F)F)ccc3o2)c1.Nc1cc(C(c2ccc(O)c(N)c2)(C(F)(F)F)C(F)(F)F)ccc1O.O=C(Cl)c1cccc(C(=O)Cl)c1. The lowest BCUT2D eigenvalue weighted by atomic mass is 9.72. The van der Waals surface area contributed by atoms with Crippen LogP contribution in [0, 0.1) is 13.8 Å². The lowest BCUT2D eigenvalue weighted by molar-refractivity contribution is -0.290. The molecule has 596 valence electrons. The number of alkyl halides is 19. The van der Waals surface area contributed by atoms with Crippen LogP contribution in [0.4, 0.5) is 102 Å². The number of Topliss-reactive ketones (excluding diaryl/α,β-unsaturated/α-hetero) is 1. The largest absolute Gasteiger partial charge is 0.506 e. The summed E-state index contributed by atoms with van der Waals surface area (Å²) in [5, 5.41) is 41.8. The molecule has 11 aromatic rings. The first kappa shape index (κ1) is 89.9. The first-order valence-electron chi connectivity index (χ1n) is 31.0. The summed E-state index contributed by atoms with van der Waals surface area (Å²) in [5.74, 6) is -3.84. The zero-order valence-electron chi connectivity index (χ0n) is 57.0. The summed E-state index contributed by atoms with van der Waals surface area (Å²) in [6.45, 7) is 4.52. The molecule has 37 heteroatoms. The van der Waals surface area contributed by atoms with Gasteiger partial charge in [0.05, 0.1) is 22.7 Å². The first-order chi connectivity index (χ1) is 51.5. The van der Waals surface area contributed by atoms with Gasteiger partial charge in [0, 0.05) is 41.8 Å². The number of phenols is 4. The number of nitrogen functional groups attached to an aromatic ring is 2. The second-order valence-electron chi connectivity index (χ2n) is 23.7. The number of ketones is 1. The molecule has 0 spiro atoms. The fraction of sp³-hybridized carbons (Fsp3) is 0.200. The summed E-state index contributed by atoms with van der Waals surface area (Å²) in [4.78, 5) is 55.6. The number of aromatic nitrogens is 2. The summed E-state index contributed by atoms with van der Waals surface area (Å²) in [5.41, 5.74) is -10.5. The number of benzene rings is 9. The van der Waals surface area contributed by atoms with E-state index in [0.717, 1.165) is 42.0 Å². The molecule has 2 heterocycles. The van der Waals surface area contributed by atoms with Crippen LogP contribution in [0.2, 0.25) is 0 Å². The van der Waals surface area contributed by atoms with Crippen LogP contribution >= 0.6 is 45.8 Å². The second-order valence-corrected chi connectivity index (χ2v) is 24.4. The van der Waals surface area contributed by atoms with Crippen LogP contribution in [0.1, 0.15) is 101 Å². The van der Waals surface area contributed by atoms with E-state index >= 15 is 0 Å². The monoisotopic (exact) mass is 1740 g/mol. The smallest absolute Gasteiger partial charge is 0.411 e. The Labute approximate surface area is 646 Å². The molecule has 0 aliphatic carbocycles. The molecule has 2 aromatic heterocycles. The fourth-order valence-corrected chi connectivity index (χ4v) is 11.8. The summed E-state index contributed by atoms with van der Waals surface area (Å²) in [6, 6.07) is 29.6. The van der Waals surface area contributed by atoms with Crippen molar-refractivity contribution in [2.45, 2.75) is 81.5 Å². The van der Waals surface area contributed by atoms with Crippen molar-refractivity contribution in [3.05, 3.63) is 249 Å². The van der Waals surface area contributed by atoms with Gasteiger partial charge >= 0.3 is 37.1 Å². The van der Waals surface area contributed by atoms with Gasteiger partial charge in [-0.1, -0.05) is 114 Å². The zero-order chi connectivity index (χ0) is 83.3. The van der Waals surface area contributed by atoms with E-state index in [1.54, 1.807) is 24.3 Å². The zero-order valence-corrected chi connectivity index (χ0v) is 60.7. The van der Waals surface area contributed by atoms with E-state index < -0.39 is 143 Å². The lowest BCUT2D eigenvalue weighted by Crippen LogP contribution is -2.54. The number of nitrogens with two attached hydrogens (primary N) is 2. The van der Waals surface area contributed by atoms with Crippen molar-refractivity contribution in [3.63, 3.8) is 0 Å². The van der Waals surface area contributed by atoms with E-state index in [4.69, 9.17) is 43.5 Å². The number of nitrogens with one attached hydrogen (secondary N) is 2. The van der Waals surface area contributed by atoms with Crippen LogP contribution < -0.4 is 22.1 Å². The number of hydrogen-bond donors (Lipinski definition) is 8. The molecule has 0 aliphatic rings. The Hall–Kier alpha value is -11.0. The number of carbonyl (C=O) groups excluding carboxylic acids is 4. The van der Waals surface area contributed by atoms with Gasteiger partial charge in [-0.25, -0.2) is 9.97 Å². The Morgan fingerprint density at radius 1 is 0.420 bits per heavy atom. The minimum atomic E-state index is -5.94. The van der Waals surface area contributed by atoms with E-state index in [-0.39, 0.29) is 75.1 Å². The summed E-state index contributed by atoms with van der Waals surface area (Å²) in [7, 11) is 1.21. The van der Waals surface area contributed by atoms with Crippen LogP contribution in [0.5, 0.6) is 23.0 Å². The number of aromatic hydroxyl groups is 4. The molecule has 0 saturated heterocycles. The van der Waals surface area contributed by atoms with Gasteiger partial charge in [0.15, 0.2) is 22.8 Å². The molecular formula is C75H59Cl2F18IN6O10. The number of oxazole rings is 2. The molecule has 0 atom stereocenters. The Kier molecular flexibility index (Phi) is 27.6. The Balaban J connectivity index is 0.000000243. The van der Waals surface area contributed by atoms with Crippen molar-refractivity contribution in [2.75, 3.05) is 34.1 Å². The first-order valence-corrected chi connectivity index (χ1v) is 34.0. The van der Waals surface area contributed by atoms with Gasteiger partial charge in [0.2, 0.25) is 22.1 Å². The Morgan fingerprint density at radius 2 is 0.759 bits per heavy atom. The maximum atomic E-state index is 14.6. The summed E-state index contributed by atoms with van der Waals surface area (Å²) < 4.78 is 268. The standard InChI is InChI=1S/C25H20F6N2O4.C25H16F6N2O2.C15H12F6N2O2.C8H4Cl2O2.CH3I.CH4/c1-13(34)14-4-3-5-15(10-14)22(37)33-19-12-17(7-9-21(19)36)23(24(26,27)28,25(29,30)31)16-6-8-20(35)18(11-16)32-2;1-13-4-3-5-15(10-13)22-33-19-12-17(7-9-21(19)35-22)23(24(26,27)28,25(29,30)31)16-6-8-20-18(11-16)32-14(2)34-20;16-14(17,18)13(15(19,20)21,7-1-3-11(24)9(22)5-7)8-2-4-12(25)10(23)6-8;9-7(11)5-2-1-3-6(4-5)8(10)12;1-2;/h3-12,32,35-36H,1-2H3,(H,33,37);3-12H,1-2H3;1-6,24-25H,22-23H2;1-4H;1H3;1H4. The molecule has 9 aromatic carbocycles. The maximum absolute atomic E-state index is 14.6. The average molecular weight is 1740 g/mol. The van der Waals surface area contributed by atoms with E-state index in [9.17, 15) is 119 Å². The normalized spacial score (nSPS) is 12.1. The topological polar surface area (TPSA) is 277 Å². The highest BCUT2D eigenvalue weighted by Gasteiger charge is 2.75. The molecule has 16 nitrogen and oxygen atoms in total. The van der Waals surface area contributed by atoms with Crippen molar-refractivity contribution in [1.82, 2.24) is 9.97 Å². The van der Waals surface area contributed by atoms with Crippen LogP contribution in [-0.4, -0.2) is 102 Å². The van der Waals surface area contributed by atoms with Gasteiger partial charge < -0.3 is 51.4 Å². The molecule has 1 amide bonds. The number of hydrogen-bond acceptors (Lipinski definition) is 15. The highest BCUT2D eigenvalue weighted by molar-refractivity contribution is 14.1. The molecular weight excluding hydrogens is 1680 g/mol.